The molecular weight excluding hydrogens is 226 g/mol. The highest BCUT2D eigenvalue weighted by Crippen LogP contribution is 2.16. The molecule has 1 atom stereocenters. The SMILES string of the molecule is CC(C(=O)O)c1ccc(CNCC(C)(C)C)cc1. The molecule has 0 aromatic heterocycles. The van der Waals surface area contributed by atoms with Crippen molar-refractivity contribution in [1.82, 2.24) is 5.32 Å². The average Bonchev–Trinajstić information content (AvgIpc) is 2.27. The maximum absolute atomic E-state index is 10.9. The number of carbonyl (C=O) groups is 1. The van der Waals surface area contributed by atoms with E-state index in [-0.39, 0.29) is 5.41 Å². The van der Waals surface area contributed by atoms with Gasteiger partial charge in [0.1, 0.15) is 0 Å². The van der Waals surface area contributed by atoms with E-state index < -0.39 is 11.9 Å². The van der Waals surface area contributed by atoms with Gasteiger partial charge in [0.15, 0.2) is 0 Å². The molecule has 0 aliphatic rings. The summed E-state index contributed by atoms with van der Waals surface area (Å²) in [5.74, 6) is -1.23. The van der Waals surface area contributed by atoms with Crippen LogP contribution in [0.15, 0.2) is 24.3 Å². The third-order valence-electron chi connectivity index (χ3n) is 2.83. The number of rotatable bonds is 5. The van der Waals surface area contributed by atoms with E-state index in [9.17, 15) is 4.79 Å². The Bertz CT molecular complexity index is 390. The predicted molar refractivity (Wildman–Crippen MR) is 73.7 cm³/mol. The third kappa shape index (κ3) is 4.88. The molecule has 0 amide bonds. The van der Waals surface area contributed by atoms with E-state index >= 15 is 0 Å². The molecule has 0 bridgehead atoms. The van der Waals surface area contributed by atoms with Crippen LogP contribution >= 0.6 is 0 Å². The van der Waals surface area contributed by atoms with Crippen LogP contribution in [-0.2, 0) is 11.3 Å². The summed E-state index contributed by atoms with van der Waals surface area (Å²) in [4.78, 5) is 10.9. The summed E-state index contributed by atoms with van der Waals surface area (Å²) in [5, 5.41) is 12.3. The number of carboxylic acid groups (broad SMARTS) is 1. The zero-order valence-corrected chi connectivity index (χ0v) is 11.7. The van der Waals surface area contributed by atoms with Gasteiger partial charge in [-0.15, -0.1) is 0 Å². The first-order valence-electron chi connectivity index (χ1n) is 6.32. The van der Waals surface area contributed by atoms with Gasteiger partial charge in [-0.25, -0.2) is 0 Å². The van der Waals surface area contributed by atoms with E-state index in [1.165, 1.54) is 5.56 Å². The number of hydrogen-bond acceptors (Lipinski definition) is 2. The van der Waals surface area contributed by atoms with Crippen molar-refractivity contribution in [3.05, 3.63) is 35.4 Å². The first kappa shape index (κ1) is 14.7. The van der Waals surface area contributed by atoms with E-state index in [4.69, 9.17) is 5.11 Å². The van der Waals surface area contributed by atoms with Crippen LogP contribution in [0.5, 0.6) is 0 Å². The highest BCUT2D eigenvalue weighted by atomic mass is 16.4. The summed E-state index contributed by atoms with van der Waals surface area (Å²) >= 11 is 0. The molecule has 1 rings (SSSR count). The summed E-state index contributed by atoms with van der Waals surface area (Å²) in [6.07, 6.45) is 0. The maximum Gasteiger partial charge on any atom is 0.310 e. The lowest BCUT2D eigenvalue weighted by atomic mass is 9.96. The Morgan fingerprint density at radius 3 is 2.28 bits per heavy atom. The molecule has 1 aromatic carbocycles. The van der Waals surface area contributed by atoms with Gasteiger partial charge in [-0.05, 0) is 23.5 Å². The van der Waals surface area contributed by atoms with Crippen molar-refractivity contribution in [2.24, 2.45) is 5.41 Å². The smallest absolute Gasteiger partial charge is 0.310 e. The van der Waals surface area contributed by atoms with Gasteiger partial charge in [-0.2, -0.15) is 0 Å². The van der Waals surface area contributed by atoms with Crippen LogP contribution in [0.25, 0.3) is 0 Å². The summed E-state index contributed by atoms with van der Waals surface area (Å²) in [6.45, 7) is 10.1. The first-order valence-corrected chi connectivity index (χ1v) is 6.32. The fraction of sp³-hybridized carbons (Fsp3) is 0.533. The Morgan fingerprint density at radius 1 is 1.28 bits per heavy atom. The van der Waals surface area contributed by atoms with Gasteiger partial charge in [-0.1, -0.05) is 45.0 Å². The van der Waals surface area contributed by atoms with Crippen molar-refractivity contribution < 1.29 is 9.90 Å². The van der Waals surface area contributed by atoms with E-state index in [2.05, 4.69) is 26.1 Å². The fourth-order valence-corrected chi connectivity index (χ4v) is 1.65. The minimum absolute atomic E-state index is 0.276. The molecule has 0 saturated carbocycles. The highest BCUT2D eigenvalue weighted by molar-refractivity contribution is 5.75. The molecular formula is C15H23NO2. The number of nitrogens with one attached hydrogen (secondary N) is 1. The average molecular weight is 249 g/mol. The monoisotopic (exact) mass is 249 g/mol. The second kappa shape index (κ2) is 6.01. The molecule has 0 heterocycles. The highest BCUT2D eigenvalue weighted by Gasteiger charge is 2.13. The van der Waals surface area contributed by atoms with Crippen LogP contribution in [0.4, 0.5) is 0 Å². The van der Waals surface area contributed by atoms with Crippen molar-refractivity contribution in [2.45, 2.75) is 40.2 Å². The Morgan fingerprint density at radius 2 is 1.83 bits per heavy atom. The van der Waals surface area contributed by atoms with Crippen LogP contribution < -0.4 is 5.32 Å². The van der Waals surface area contributed by atoms with Gasteiger partial charge >= 0.3 is 5.97 Å². The number of aliphatic carboxylic acids is 1. The topological polar surface area (TPSA) is 49.3 Å². The zero-order valence-electron chi connectivity index (χ0n) is 11.7. The number of carboxylic acids is 1. The van der Waals surface area contributed by atoms with Gasteiger partial charge in [0.05, 0.1) is 5.92 Å². The third-order valence-corrected chi connectivity index (χ3v) is 2.83. The quantitative estimate of drug-likeness (QED) is 0.843. The fourth-order valence-electron chi connectivity index (χ4n) is 1.65. The van der Waals surface area contributed by atoms with Crippen molar-refractivity contribution in [3.8, 4) is 0 Å². The van der Waals surface area contributed by atoms with Crippen molar-refractivity contribution >= 4 is 5.97 Å². The van der Waals surface area contributed by atoms with E-state index in [0.29, 0.717) is 0 Å². The minimum atomic E-state index is -0.784. The van der Waals surface area contributed by atoms with Crippen LogP contribution in [0.3, 0.4) is 0 Å². The van der Waals surface area contributed by atoms with E-state index in [1.807, 2.05) is 24.3 Å². The second-order valence-corrected chi connectivity index (χ2v) is 5.97. The molecule has 0 aliphatic heterocycles. The van der Waals surface area contributed by atoms with Crippen LogP contribution in [0.1, 0.15) is 44.7 Å². The lowest BCUT2D eigenvalue weighted by Crippen LogP contribution is -2.26. The largest absolute Gasteiger partial charge is 0.481 e. The Labute approximate surface area is 109 Å². The summed E-state index contributed by atoms with van der Waals surface area (Å²) in [7, 11) is 0. The van der Waals surface area contributed by atoms with Crippen LogP contribution in [-0.4, -0.2) is 17.6 Å². The van der Waals surface area contributed by atoms with Crippen molar-refractivity contribution in [2.75, 3.05) is 6.54 Å². The zero-order chi connectivity index (χ0) is 13.8. The van der Waals surface area contributed by atoms with Gasteiger partial charge < -0.3 is 10.4 Å². The second-order valence-electron chi connectivity index (χ2n) is 5.97. The van der Waals surface area contributed by atoms with E-state index in [1.54, 1.807) is 6.92 Å². The van der Waals surface area contributed by atoms with E-state index in [0.717, 1.165) is 18.7 Å². The van der Waals surface area contributed by atoms with Crippen molar-refractivity contribution in [1.29, 1.82) is 0 Å². The molecule has 0 saturated heterocycles. The summed E-state index contributed by atoms with van der Waals surface area (Å²) in [6, 6.07) is 7.77. The predicted octanol–water partition coefficient (Wildman–Crippen LogP) is 3.01. The van der Waals surface area contributed by atoms with Crippen molar-refractivity contribution in [3.63, 3.8) is 0 Å². The summed E-state index contributed by atoms with van der Waals surface area (Å²) < 4.78 is 0. The maximum atomic E-state index is 10.9. The first-order chi connectivity index (χ1) is 8.29. The Kier molecular flexibility index (Phi) is 4.91. The Hall–Kier alpha value is -1.35. The van der Waals surface area contributed by atoms with Gasteiger partial charge in [0, 0.05) is 13.1 Å². The molecule has 0 radical (unpaired) electrons. The molecule has 3 heteroatoms. The number of hydrogen-bond donors (Lipinski definition) is 2. The molecule has 0 spiro atoms. The van der Waals surface area contributed by atoms with Crippen LogP contribution in [0, 0.1) is 5.41 Å². The molecule has 1 unspecified atom stereocenters. The lowest BCUT2D eigenvalue weighted by Gasteiger charge is -2.18. The number of benzene rings is 1. The molecule has 2 N–H and O–H groups in total. The summed E-state index contributed by atoms with van der Waals surface area (Å²) in [5.41, 5.74) is 2.31. The molecule has 3 nitrogen and oxygen atoms in total. The van der Waals surface area contributed by atoms with Gasteiger partial charge in [0.25, 0.3) is 0 Å². The van der Waals surface area contributed by atoms with Gasteiger partial charge in [-0.3, -0.25) is 4.79 Å². The standard InChI is InChI=1S/C15H23NO2/c1-11(14(17)18)13-7-5-12(6-8-13)9-16-10-15(2,3)4/h5-8,11,16H,9-10H2,1-4H3,(H,17,18). The van der Waals surface area contributed by atoms with Gasteiger partial charge in [0.2, 0.25) is 0 Å². The Balaban J connectivity index is 2.53. The normalized spacial score (nSPS) is 13.3. The molecule has 100 valence electrons. The molecule has 0 aliphatic carbocycles. The lowest BCUT2D eigenvalue weighted by molar-refractivity contribution is -0.138. The molecule has 1 aromatic rings. The van der Waals surface area contributed by atoms with Crippen LogP contribution in [0.2, 0.25) is 0 Å². The molecule has 18 heavy (non-hydrogen) atoms. The minimum Gasteiger partial charge on any atom is -0.481 e. The molecule has 0 fully saturated rings.